The number of amides is 1. The van der Waals surface area contributed by atoms with Gasteiger partial charge in [0.1, 0.15) is 0 Å². The molecule has 0 aliphatic heterocycles. The predicted octanol–water partition coefficient (Wildman–Crippen LogP) is 3.87. The number of nitrogens with zero attached hydrogens (tertiary/aromatic N) is 2. The Kier molecular flexibility index (Phi) is 5.56. The largest absolute Gasteiger partial charge is 0.377 e. The molecule has 0 unspecified atom stereocenters. The Morgan fingerprint density at radius 1 is 1.14 bits per heavy atom. The van der Waals surface area contributed by atoms with Gasteiger partial charge >= 0.3 is 5.69 Å². The third-order valence-electron chi connectivity index (χ3n) is 6.53. The molecule has 2 aliphatic rings. The minimum atomic E-state index is -0.419. The van der Waals surface area contributed by atoms with Crippen LogP contribution in [0.25, 0.3) is 11.0 Å². The van der Waals surface area contributed by atoms with Gasteiger partial charge in [-0.05, 0) is 63.6 Å². The molecule has 0 radical (unpaired) electrons. The average Bonchev–Trinajstić information content (AvgIpc) is 3.51. The van der Waals surface area contributed by atoms with Crippen LogP contribution in [-0.2, 0) is 11.3 Å². The van der Waals surface area contributed by atoms with Crippen LogP contribution in [0.4, 0.5) is 0 Å². The number of carbonyl (C=O) groups is 1. The van der Waals surface area contributed by atoms with Gasteiger partial charge in [0.2, 0.25) is 0 Å². The summed E-state index contributed by atoms with van der Waals surface area (Å²) in [6.45, 7) is 5.07. The third-order valence-corrected chi connectivity index (χ3v) is 6.53. The molecule has 1 aromatic carbocycles. The van der Waals surface area contributed by atoms with Crippen molar-refractivity contribution in [2.45, 2.75) is 77.0 Å². The van der Waals surface area contributed by atoms with Crippen molar-refractivity contribution in [3.05, 3.63) is 34.2 Å². The molecule has 2 saturated carbocycles. The first-order valence-electron chi connectivity index (χ1n) is 11.0. The van der Waals surface area contributed by atoms with E-state index in [4.69, 9.17) is 4.74 Å². The number of fused-ring (bicyclic) bond motifs is 1. The summed E-state index contributed by atoms with van der Waals surface area (Å²) in [6, 6.07) is 5.98. The Hall–Kier alpha value is -2.08. The maximum absolute atomic E-state index is 13.3. The Bertz CT molecular complexity index is 946. The number of methoxy groups -OCH3 is 1. The lowest BCUT2D eigenvalue weighted by molar-refractivity contribution is 0.0229. The monoisotopic (exact) mass is 399 g/mol. The van der Waals surface area contributed by atoms with E-state index in [-0.39, 0.29) is 17.6 Å². The molecule has 1 heterocycles. The summed E-state index contributed by atoms with van der Waals surface area (Å²) in [4.78, 5) is 26.1. The number of nitrogens with one attached hydrogen (secondary N) is 1. The van der Waals surface area contributed by atoms with E-state index in [2.05, 4.69) is 5.32 Å². The van der Waals surface area contributed by atoms with Gasteiger partial charge in [0.05, 0.1) is 16.6 Å². The number of hydrogen-bond donors (Lipinski definition) is 1. The van der Waals surface area contributed by atoms with Crippen LogP contribution in [0.2, 0.25) is 0 Å². The molecule has 0 spiro atoms. The quantitative estimate of drug-likeness (QED) is 0.769. The lowest BCUT2D eigenvalue weighted by Gasteiger charge is -2.23. The standard InChI is InChI=1S/C23H33N3O3/c1-23(2,29-3)15-24-21(27)17-11-12-19-20(13-17)25(14-16-9-10-16)22(28)26(19)18-7-5-4-6-8-18/h11-13,16,18H,4-10,14-15H2,1-3H3,(H,24,27). The second-order valence-electron chi connectivity index (χ2n) is 9.35. The van der Waals surface area contributed by atoms with Gasteiger partial charge in [0.25, 0.3) is 5.91 Å². The molecule has 4 rings (SSSR count). The first-order valence-corrected chi connectivity index (χ1v) is 11.0. The van der Waals surface area contributed by atoms with Crippen molar-refractivity contribution in [2.24, 2.45) is 5.92 Å². The Balaban J connectivity index is 1.69. The summed E-state index contributed by atoms with van der Waals surface area (Å²) in [5, 5.41) is 2.95. The molecule has 2 aromatic rings. The van der Waals surface area contributed by atoms with Crippen molar-refractivity contribution in [1.29, 1.82) is 0 Å². The Morgan fingerprint density at radius 3 is 2.52 bits per heavy atom. The van der Waals surface area contributed by atoms with Gasteiger partial charge in [-0.25, -0.2) is 4.79 Å². The first-order chi connectivity index (χ1) is 13.9. The van der Waals surface area contributed by atoms with Gasteiger partial charge in [0, 0.05) is 31.8 Å². The summed E-state index contributed by atoms with van der Waals surface area (Å²) in [5.41, 5.74) is 2.13. The number of benzene rings is 1. The van der Waals surface area contributed by atoms with E-state index in [1.54, 1.807) is 7.11 Å². The highest BCUT2D eigenvalue weighted by atomic mass is 16.5. The fourth-order valence-corrected chi connectivity index (χ4v) is 4.32. The fraction of sp³-hybridized carbons (Fsp3) is 0.652. The van der Waals surface area contributed by atoms with Crippen LogP contribution in [0.1, 0.15) is 75.2 Å². The molecule has 0 atom stereocenters. The van der Waals surface area contributed by atoms with Crippen LogP contribution >= 0.6 is 0 Å². The number of ether oxygens (including phenoxy) is 1. The molecular weight excluding hydrogens is 366 g/mol. The second-order valence-corrected chi connectivity index (χ2v) is 9.35. The molecule has 0 bridgehead atoms. The van der Waals surface area contributed by atoms with E-state index in [0.717, 1.165) is 30.4 Å². The van der Waals surface area contributed by atoms with E-state index in [1.165, 1.54) is 32.1 Å². The Labute approximate surface area is 172 Å². The SMILES string of the molecule is COC(C)(C)CNC(=O)c1ccc2c(c1)n(CC1CC1)c(=O)n2C1CCCCC1. The van der Waals surface area contributed by atoms with Crippen molar-refractivity contribution < 1.29 is 9.53 Å². The summed E-state index contributed by atoms with van der Waals surface area (Å²) in [6.07, 6.45) is 8.13. The highest BCUT2D eigenvalue weighted by molar-refractivity contribution is 5.97. The van der Waals surface area contributed by atoms with Gasteiger partial charge < -0.3 is 10.1 Å². The molecule has 1 aromatic heterocycles. The smallest absolute Gasteiger partial charge is 0.329 e. The highest BCUT2D eigenvalue weighted by Crippen LogP contribution is 2.33. The molecule has 2 aliphatic carbocycles. The van der Waals surface area contributed by atoms with Gasteiger partial charge in [-0.15, -0.1) is 0 Å². The summed E-state index contributed by atoms with van der Waals surface area (Å²) >= 11 is 0. The molecule has 0 saturated heterocycles. The van der Waals surface area contributed by atoms with E-state index >= 15 is 0 Å². The lowest BCUT2D eigenvalue weighted by atomic mass is 9.95. The first kappa shape index (κ1) is 20.2. The Morgan fingerprint density at radius 2 is 1.86 bits per heavy atom. The van der Waals surface area contributed by atoms with Crippen molar-refractivity contribution in [1.82, 2.24) is 14.5 Å². The molecule has 2 fully saturated rings. The van der Waals surface area contributed by atoms with Crippen molar-refractivity contribution in [3.63, 3.8) is 0 Å². The molecule has 1 amide bonds. The summed E-state index contributed by atoms with van der Waals surface area (Å²) in [5.74, 6) is 0.464. The van der Waals surface area contributed by atoms with Gasteiger partial charge in [0.15, 0.2) is 0 Å². The second kappa shape index (κ2) is 7.98. The summed E-state index contributed by atoms with van der Waals surface area (Å²) < 4.78 is 9.31. The van der Waals surface area contributed by atoms with Gasteiger partial charge in [-0.1, -0.05) is 19.3 Å². The summed E-state index contributed by atoms with van der Waals surface area (Å²) in [7, 11) is 1.64. The highest BCUT2D eigenvalue weighted by Gasteiger charge is 2.28. The van der Waals surface area contributed by atoms with E-state index in [9.17, 15) is 9.59 Å². The third kappa shape index (κ3) is 4.27. The van der Waals surface area contributed by atoms with Crippen molar-refractivity contribution in [2.75, 3.05) is 13.7 Å². The van der Waals surface area contributed by atoms with E-state index < -0.39 is 5.60 Å². The molecule has 1 N–H and O–H groups in total. The molecule has 29 heavy (non-hydrogen) atoms. The minimum Gasteiger partial charge on any atom is -0.377 e. The minimum absolute atomic E-state index is 0.0943. The molecular formula is C23H33N3O3. The lowest BCUT2D eigenvalue weighted by Crippen LogP contribution is -2.39. The van der Waals surface area contributed by atoms with Crippen LogP contribution in [0.5, 0.6) is 0 Å². The zero-order valence-corrected chi connectivity index (χ0v) is 17.9. The zero-order chi connectivity index (χ0) is 20.6. The van der Waals surface area contributed by atoms with Gasteiger partial charge in [-0.2, -0.15) is 0 Å². The fourth-order valence-electron chi connectivity index (χ4n) is 4.32. The number of imidazole rings is 1. The molecule has 158 valence electrons. The maximum atomic E-state index is 13.3. The topological polar surface area (TPSA) is 65.3 Å². The van der Waals surface area contributed by atoms with Crippen LogP contribution in [0, 0.1) is 5.92 Å². The van der Waals surface area contributed by atoms with Crippen LogP contribution in [0.3, 0.4) is 0 Å². The number of rotatable bonds is 7. The van der Waals surface area contributed by atoms with Crippen molar-refractivity contribution in [3.8, 4) is 0 Å². The van der Waals surface area contributed by atoms with Crippen LogP contribution < -0.4 is 11.0 Å². The van der Waals surface area contributed by atoms with Crippen molar-refractivity contribution >= 4 is 16.9 Å². The van der Waals surface area contributed by atoms with Crippen LogP contribution in [0.15, 0.2) is 23.0 Å². The normalized spacial score (nSPS) is 18.3. The number of hydrogen-bond acceptors (Lipinski definition) is 3. The number of carbonyl (C=O) groups excluding carboxylic acids is 1. The predicted molar refractivity (Wildman–Crippen MR) is 114 cm³/mol. The van der Waals surface area contributed by atoms with E-state index in [0.29, 0.717) is 18.0 Å². The van der Waals surface area contributed by atoms with Gasteiger partial charge in [-0.3, -0.25) is 13.9 Å². The van der Waals surface area contributed by atoms with E-state index in [1.807, 2.05) is 41.2 Å². The maximum Gasteiger partial charge on any atom is 0.329 e. The zero-order valence-electron chi connectivity index (χ0n) is 17.9. The molecule has 6 heteroatoms. The van der Waals surface area contributed by atoms with Crippen LogP contribution in [-0.4, -0.2) is 34.3 Å². The molecule has 6 nitrogen and oxygen atoms in total. The number of aromatic nitrogens is 2. The average molecular weight is 400 g/mol.